The van der Waals surface area contributed by atoms with Crippen LogP contribution in [-0.2, 0) is 25.5 Å². The van der Waals surface area contributed by atoms with Gasteiger partial charge in [-0.15, -0.1) is 11.3 Å². The summed E-state index contributed by atoms with van der Waals surface area (Å²) < 4.78 is 5.14. The van der Waals surface area contributed by atoms with Crippen molar-refractivity contribution >= 4 is 46.1 Å². The Morgan fingerprint density at radius 1 is 1.24 bits per heavy atom. The first-order valence-corrected chi connectivity index (χ1v) is 12.1. The van der Waals surface area contributed by atoms with E-state index in [0.717, 1.165) is 23.3 Å². The fraction of sp³-hybridized carbons (Fsp3) is 0.591. The standard InChI is InChI=1S/C22H30N4O6S/c1-4-32-21(30)18-14(9-13(2)3)12-33-19(18)24-16(27)11-26-20(29)15(23-22(26)31)10-17(28)25-7-5-6-8-25/h12-13,15H,4-11H2,1-3H3,(H,23,31)(H,24,27)/t15-/m1/s1. The number of anilines is 1. The van der Waals surface area contributed by atoms with Crippen molar-refractivity contribution in [1.29, 1.82) is 0 Å². The van der Waals surface area contributed by atoms with Gasteiger partial charge >= 0.3 is 12.0 Å². The molecule has 1 aromatic heterocycles. The Kier molecular flexibility index (Phi) is 8.06. The van der Waals surface area contributed by atoms with Gasteiger partial charge in [0.05, 0.1) is 18.6 Å². The van der Waals surface area contributed by atoms with Crippen LogP contribution in [0.5, 0.6) is 0 Å². The normalized spacial score (nSPS) is 18.1. The summed E-state index contributed by atoms with van der Waals surface area (Å²) in [5, 5.41) is 7.25. The Morgan fingerprint density at radius 3 is 2.58 bits per heavy atom. The molecular weight excluding hydrogens is 448 g/mol. The molecule has 33 heavy (non-hydrogen) atoms. The summed E-state index contributed by atoms with van der Waals surface area (Å²) in [4.78, 5) is 64.9. The monoisotopic (exact) mass is 478 g/mol. The molecule has 0 unspecified atom stereocenters. The molecule has 3 heterocycles. The molecule has 2 fully saturated rings. The molecule has 1 atom stereocenters. The number of carbonyl (C=O) groups excluding carboxylic acids is 5. The van der Waals surface area contributed by atoms with Crippen molar-refractivity contribution in [1.82, 2.24) is 15.1 Å². The molecule has 0 aliphatic carbocycles. The molecule has 11 heteroatoms. The lowest BCUT2D eigenvalue weighted by molar-refractivity contribution is -0.135. The Bertz CT molecular complexity index is 937. The van der Waals surface area contributed by atoms with Gasteiger partial charge < -0.3 is 20.3 Å². The van der Waals surface area contributed by atoms with Crippen LogP contribution in [0.4, 0.5) is 9.80 Å². The van der Waals surface area contributed by atoms with E-state index in [1.54, 1.807) is 17.2 Å². The third kappa shape index (κ3) is 5.89. The first kappa shape index (κ1) is 24.7. The predicted octanol–water partition coefficient (Wildman–Crippen LogP) is 1.99. The van der Waals surface area contributed by atoms with Crippen LogP contribution in [0, 0.1) is 5.92 Å². The minimum atomic E-state index is -0.979. The first-order valence-electron chi connectivity index (χ1n) is 11.2. The third-order valence-corrected chi connectivity index (χ3v) is 6.42. The average molecular weight is 479 g/mol. The fourth-order valence-corrected chi connectivity index (χ4v) is 4.93. The molecule has 2 saturated heterocycles. The number of hydrogen-bond acceptors (Lipinski definition) is 7. The number of esters is 1. The molecule has 2 aliphatic heterocycles. The zero-order valence-electron chi connectivity index (χ0n) is 19.1. The number of rotatable bonds is 9. The lowest BCUT2D eigenvalue weighted by Crippen LogP contribution is -2.39. The van der Waals surface area contributed by atoms with E-state index < -0.39 is 36.4 Å². The third-order valence-electron chi connectivity index (χ3n) is 5.47. The van der Waals surface area contributed by atoms with Crippen LogP contribution in [-0.4, -0.2) is 71.8 Å². The van der Waals surface area contributed by atoms with Crippen LogP contribution >= 0.6 is 11.3 Å². The maximum atomic E-state index is 12.7. The summed E-state index contributed by atoms with van der Waals surface area (Å²) in [6.45, 7) is 6.74. The van der Waals surface area contributed by atoms with Crippen LogP contribution in [0.2, 0.25) is 0 Å². The van der Waals surface area contributed by atoms with Crippen LogP contribution < -0.4 is 10.6 Å². The topological polar surface area (TPSA) is 125 Å². The molecule has 3 rings (SSSR count). The van der Waals surface area contributed by atoms with Crippen LogP contribution in [0.1, 0.15) is 56.0 Å². The van der Waals surface area contributed by atoms with Crippen molar-refractivity contribution < 1.29 is 28.7 Å². The molecule has 2 aliphatic rings. The van der Waals surface area contributed by atoms with E-state index in [1.165, 1.54) is 11.3 Å². The largest absolute Gasteiger partial charge is 0.462 e. The molecule has 0 saturated carbocycles. The minimum Gasteiger partial charge on any atom is -0.462 e. The summed E-state index contributed by atoms with van der Waals surface area (Å²) in [6, 6.07) is -1.69. The van der Waals surface area contributed by atoms with E-state index in [9.17, 15) is 24.0 Å². The first-order chi connectivity index (χ1) is 15.7. The van der Waals surface area contributed by atoms with Gasteiger partial charge in [-0.1, -0.05) is 13.8 Å². The highest BCUT2D eigenvalue weighted by Crippen LogP contribution is 2.31. The van der Waals surface area contributed by atoms with Gasteiger partial charge in [-0.05, 0) is 43.0 Å². The van der Waals surface area contributed by atoms with Crippen molar-refractivity contribution in [2.24, 2.45) is 5.92 Å². The van der Waals surface area contributed by atoms with Crippen molar-refractivity contribution in [3.63, 3.8) is 0 Å². The molecule has 180 valence electrons. The van der Waals surface area contributed by atoms with Crippen molar-refractivity contribution in [3.05, 3.63) is 16.5 Å². The molecule has 0 bridgehead atoms. The van der Waals surface area contributed by atoms with Gasteiger partial charge in [0.1, 0.15) is 17.6 Å². The van der Waals surface area contributed by atoms with Gasteiger partial charge in [-0.3, -0.25) is 19.3 Å². The van der Waals surface area contributed by atoms with Gasteiger partial charge in [0.2, 0.25) is 11.8 Å². The Balaban J connectivity index is 1.65. The van der Waals surface area contributed by atoms with Gasteiger partial charge in [0, 0.05) is 13.1 Å². The number of hydrogen-bond donors (Lipinski definition) is 2. The SMILES string of the molecule is CCOC(=O)c1c(CC(C)C)csc1NC(=O)CN1C(=O)N[C@H](CC(=O)N2CCCC2)C1=O. The molecule has 2 N–H and O–H groups in total. The summed E-state index contributed by atoms with van der Waals surface area (Å²) in [5.74, 6) is -1.65. The maximum Gasteiger partial charge on any atom is 0.341 e. The molecular formula is C22H30N4O6S. The van der Waals surface area contributed by atoms with E-state index in [0.29, 0.717) is 36.0 Å². The van der Waals surface area contributed by atoms with Gasteiger partial charge in [-0.25, -0.2) is 9.59 Å². The number of thiophene rings is 1. The molecule has 10 nitrogen and oxygen atoms in total. The van der Waals surface area contributed by atoms with Gasteiger partial charge in [0.15, 0.2) is 0 Å². The van der Waals surface area contributed by atoms with E-state index in [1.807, 2.05) is 13.8 Å². The Morgan fingerprint density at radius 2 is 1.94 bits per heavy atom. The fourth-order valence-electron chi connectivity index (χ4n) is 3.95. The predicted molar refractivity (Wildman–Crippen MR) is 122 cm³/mol. The van der Waals surface area contributed by atoms with E-state index >= 15 is 0 Å². The zero-order chi connectivity index (χ0) is 24.1. The second kappa shape index (κ2) is 10.8. The number of likely N-dealkylation sites (tertiary alicyclic amines) is 1. The second-order valence-corrected chi connectivity index (χ2v) is 9.43. The number of urea groups is 1. The molecule has 5 amide bonds. The maximum absolute atomic E-state index is 12.7. The van der Waals surface area contributed by atoms with Gasteiger partial charge in [0.25, 0.3) is 5.91 Å². The highest BCUT2D eigenvalue weighted by atomic mass is 32.1. The molecule has 0 spiro atoms. The number of amides is 5. The summed E-state index contributed by atoms with van der Waals surface area (Å²) in [7, 11) is 0. The minimum absolute atomic E-state index is 0.126. The van der Waals surface area contributed by atoms with E-state index in [2.05, 4.69) is 10.6 Å². The van der Waals surface area contributed by atoms with Gasteiger partial charge in [-0.2, -0.15) is 0 Å². The van der Waals surface area contributed by atoms with Crippen molar-refractivity contribution in [2.45, 2.75) is 52.5 Å². The molecule has 0 radical (unpaired) electrons. The van der Waals surface area contributed by atoms with Crippen LogP contribution in [0.15, 0.2) is 5.38 Å². The van der Waals surface area contributed by atoms with Crippen molar-refractivity contribution in [2.75, 3.05) is 31.6 Å². The highest BCUT2D eigenvalue weighted by Gasteiger charge is 2.41. The van der Waals surface area contributed by atoms with E-state index in [4.69, 9.17) is 4.74 Å². The van der Waals surface area contributed by atoms with E-state index in [-0.39, 0.29) is 18.9 Å². The summed E-state index contributed by atoms with van der Waals surface area (Å²) in [5.41, 5.74) is 1.08. The lowest BCUT2D eigenvalue weighted by atomic mass is 10.0. The smallest absolute Gasteiger partial charge is 0.341 e. The second-order valence-electron chi connectivity index (χ2n) is 8.55. The van der Waals surface area contributed by atoms with Crippen LogP contribution in [0.3, 0.4) is 0 Å². The summed E-state index contributed by atoms with van der Waals surface area (Å²) in [6.07, 6.45) is 2.37. The highest BCUT2D eigenvalue weighted by molar-refractivity contribution is 7.15. The number of nitrogens with one attached hydrogen (secondary N) is 2. The number of imide groups is 1. The zero-order valence-corrected chi connectivity index (χ0v) is 20.0. The lowest BCUT2D eigenvalue weighted by Gasteiger charge is -2.17. The number of ether oxygens (including phenoxy) is 1. The Labute approximate surface area is 196 Å². The molecule has 0 aromatic carbocycles. The van der Waals surface area contributed by atoms with Crippen LogP contribution in [0.25, 0.3) is 0 Å². The van der Waals surface area contributed by atoms with Crippen molar-refractivity contribution in [3.8, 4) is 0 Å². The summed E-state index contributed by atoms with van der Waals surface area (Å²) >= 11 is 1.20. The number of carbonyl (C=O) groups is 5. The average Bonchev–Trinajstić information content (AvgIpc) is 3.46. The quantitative estimate of drug-likeness (QED) is 0.413. The number of nitrogens with zero attached hydrogens (tertiary/aromatic N) is 2. The Hall–Kier alpha value is -2.95. The molecule has 1 aromatic rings.